The van der Waals surface area contributed by atoms with Crippen LogP contribution in [0.1, 0.15) is 24.2 Å². The van der Waals surface area contributed by atoms with E-state index in [0.717, 1.165) is 13.1 Å². The van der Waals surface area contributed by atoms with Crippen LogP contribution >= 0.6 is 0 Å². The Morgan fingerprint density at radius 3 is 2.89 bits per heavy atom. The second-order valence-electron chi connectivity index (χ2n) is 5.20. The number of nitrogen functional groups attached to an aromatic ring is 1. The number of hydrogen-bond donors (Lipinski definition) is 3. The zero-order valence-electron chi connectivity index (χ0n) is 10.6. The van der Waals surface area contributed by atoms with Crippen LogP contribution in [-0.4, -0.2) is 30.1 Å². The summed E-state index contributed by atoms with van der Waals surface area (Å²) in [6.45, 7) is 5.84. The van der Waals surface area contributed by atoms with E-state index in [2.05, 4.69) is 24.1 Å². The number of nitrogens with one attached hydrogen (secondary N) is 1. The van der Waals surface area contributed by atoms with Gasteiger partial charge in [0.05, 0.1) is 5.56 Å². The van der Waals surface area contributed by atoms with Gasteiger partial charge in [-0.25, -0.2) is 4.98 Å². The largest absolute Gasteiger partial charge is 0.485 e. The SMILES string of the molecule is CC1(C)CNCC1Oc1cc(C(N)=O)cnc1N. The average Bonchev–Trinajstić information content (AvgIpc) is 2.61. The maximum atomic E-state index is 11.1. The Hall–Kier alpha value is -1.82. The van der Waals surface area contributed by atoms with Gasteiger partial charge >= 0.3 is 0 Å². The summed E-state index contributed by atoms with van der Waals surface area (Å²) in [5.41, 5.74) is 11.3. The average molecular weight is 250 g/mol. The fraction of sp³-hybridized carbons (Fsp3) is 0.500. The lowest BCUT2D eigenvalue weighted by atomic mass is 9.90. The van der Waals surface area contributed by atoms with Gasteiger partial charge in [0.15, 0.2) is 11.6 Å². The first kappa shape index (κ1) is 12.6. The van der Waals surface area contributed by atoms with E-state index in [1.54, 1.807) is 6.07 Å². The fourth-order valence-electron chi connectivity index (χ4n) is 1.95. The first-order valence-electron chi connectivity index (χ1n) is 5.83. The highest BCUT2D eigenvalue weighted by Crippen LogP contribution is 2.30. The van der Waals surface area contributed by atoms with Crippen LogP contribution in [0.5, 0.6) is 5.75 Å². The summed E-state index contributed by atoms with van der Waals surface area (Å²) in [6, 6.07) is 1.54. The van der Waals surface area contributed by atoms with Crippen LogP contribution in [0.2, 0.25) is 0 Å². The molecule has 1 atom stereocenters. The Kier molecular flexibility index (Phi) is 3.13. The molecule has 1 aliphatic rings. The first-order valence-corrected chi connectivity index (χ1v) is 5.83. The number of pyridine rings is 1. The predicted molar refractivity (Wildman–Crippen MR) is 68.2 cm³/mol. The van der Waals surface area contributed by atoms with Crippen molar-refractivity contribution >= 4 is 11.7 Å². The van der Waals surface area contributed by atoms with E-state index in [9.17, 15) is 4.79 Å². The molecule has 0 aliphatic carbocycles. The molecule has 0 aromatic carbocycles. The normalized spacial score (nSPS) is 21.8. The number of hydrogen-bond acceptors (Lipinski definition) is 5. The third-order valence-corrected chi connectivity index (χ3v) is 3.22. The molecule has 98 valence electrons. The minimum atomic E-state index is -0.545. The molecule has 1 aromatic heterocycles. The van der Waals surface area contributed by atoms with E-state index in [1.807, 2.05) is 0 Å². The molecule has 6 nitrogen and oxygen atoms in total. The lowest BCUT2D eigenvalue weighted by Crippen LogP contribution is -2.33. The minimum Gasteiger partial charge on any atom is -0.485 e. The number of ether oxygens (including phenoxy) is 1. The van der Waals surface area contributed by atoms with Gasteiger partial charge in [0.1, 0.15) is 6.10 Å². The van der Waals surface area contributed by atoms with Gasteiger partial charge in [-0.2, -0.15) is 0 Å². The minimum absolute atomic E-state index is 0.00910. The molecule has 0 spiro atoms. The molecule has 1 aromatic rings. The van der Waals surface area contributed by atoms with E-state index in [1.165, 1.54) is 6.20 Å². The van der Waals surface area contributed by atoms with Crippen molar-refractivity contribution in [3.05, 3.63) is 17.8 Å². The number of nitrogens with zero attached hydrogens (tertiary/aromatic N) is 1. The third-order valence-electron chi connectivity index (χ3n) is 3.22. The Morgan fingerprint density at radius 1 is 1.61 bits per heavy atom. The van der Waals surface area contributed by atoms with Crippen LogP contribution in [0.3, 0.4) is 0 Å². The lowest BCUT2D eigenvalue weighted by Gasteiger charge is -2.26. The third kappa shape index (κ3) is 2.38. The Labute approximate surface area is 106 Å². The van der Waals surface area contributed by atoms with Crippen molar-refractivity contribution in [1.82, 2.24) is 10.3 Å². The van der Waals surface area contributed by atoms with Crippen molar-refractivity contribution < 1.29 is 9.53 Å². The predicted octanol–water partition coefficient (Wildman–Crippen LogP) is 0.140. The molecule has 5 N–H and O–H groups in total. The molecule has 0 radical (unpaired) electrons. The summed E-state index contributed by atoms with van der Waals surface area (Å²) < 4.78 is 5.85. The van der Waals surface area contributed by atoms with Crippen molar-refractivity contribution in [2.45, 2.75) is 20.0 Å². The van der Waals surface area contributed by atoms with E-state index in [4.69, 9.17) is 16.2 Å². The Balaban J connectivity index is 2.23. The number of nitrogens with two attached hydrogens (primary N) is 2. The maximum absolute atomic E-state index is 11.1. The quantitative estimate of drug-likeness (QED) is 0.708. The fourth-order valence-corrected chi connectivity index (χ4v) is 1.95. The number of primary amides is 1. The molecule has 0 saturated carbocycles. The van der Waals surface area contributed by atoms with E-state index in [-0.39, 0.29) is 17.3 Å². The van der Waals surface area contributed by atoms with Crippen LogP contribution in [0.4, 0.5) is 5.82 Å². The standard InChI is InChI=1S/C12H18N4O2/c1-12(2)6-15-5-9(12)18-8-3-7(11(14)17)4-16-10(8)13/h3-4,9,15H,5-6H2,1-2H3,(H2,13,16)(H2,14,17). The van der Waals surface area contributed by atoms with Gasteiger partial charge < -0.3 is 21.5 Å². The molecule has 2 heterocycles. The lowest BCUT2D eigenvalue weighted by molar-refractivity contribution is 0.0997. The summed E-state index contributed by atoms with van der Waals surface area (Å²) in [7, 11) is 0. The number of carbonyl (C=O) groups excluding carboxylic acids is 1. The van der Waals surface area contributed by atoms with E-state index >= 15 is 0 Å². The Bertz CT molecular complexity index is 473. The monoisotopic (exact) mass is 250 g/mol. The van der Waals surface area contributed by atoms with Gasteiger partial charge in [-0.15, -0.1) is 0 Å². The molecule has 6 heteroatoms. The zero-order valence-corrected chi connectivity index (χ0v) is 10.6. The molecule has 1 saturated heterocycles. The summed E-state index contributed by atoms with van der Waals surface area (Å²) in [6.07, 6.45) is 1.34. The molecular formula is C12H18N4O2. The van der Waals surface area contributed by atoms with Crippen LogP contribution in [0, 0.1) is 5.41 Å². The number of anilines is 1. The summed E-state index contributed by atoms with van der Waals surface area (Å²) in [4.78, 5) is 15.0. The first-order chi connectivity index (χ1) is 8.40. The maximum Gasteiger partial charge on any atom is 0.250 e. The van der Waals surface area contributed by atoms with Crippen molar-refractivity contribution in [2.75, 3.05) is 18.8 Å². The molecule has 1 aliphatic heterocycles. The molecule has 18 heavy (non-hydrogen) atoms. The smallest absolute Gasteiger partial charge is 0.250 e. The molecule has 0 bridgehead atoms. The second kappa shape index (κ2) is 4.45. The molecule has 1 amide bonds. The number of carbonyl (C=O) groups is 1. The Morgan fingerprint density at radius 2 is 2.33 bits per heavy atom. The van der Waals surface area contributed by atoms with Crippen LogP contribution < -0.4 is 21.5 Å². The molecular weight excluding hydrogens is 232 g/mol. The van der Waals surface area contributed by atoms with Crippen LogP contribution in [0.15, 0.2) is 12.3 Å². The van der Waals surface area contributed by atoms with Gasteiger partial charge in [-0.1, -0.05) is 13.8 Å². The van der Waals surface area contributed by atoms with Crippen molar-refractivity contribution in [2.24, 2.45) is 11.1 Å². The topological polar surface area (TPSA) is 103 Å². The highest BCUT2D eigenvalue weighted by molar-refractivity contribution is 5.93. The zero-order chi connectivity index (χ0) is 13.3. The van der Waals surface area contributed by atoms with Gasteiger partial charge in [-0.05, 0) is 6.07 Å². The summed E-state index contributed by atoms with van der Waals surface area (Å²) in [5, 5.41) is 3.26. The van der Waals surface area contributed by atoms with Gasteiger partial charge in [0, 0.05) is 24.7 Å². The summed E-state index contributed by atoms with van der Waals surface area (Å²) in [5.74, 6) is 0.131. The number of aromatic nitrogens is 1. The number of rotatable bonds is 3. The molecule has 2 rings (SSSR count). The molecule has 1 unspecified atom stereocenters. The van der Waals surface area contributed by atoms with Crippen molar-refractivity contribution in [1.29, 1.82) is 0 Å². The number of amides is 1. The van der Waals surface area contributed by atoms with Gasteiger partial charge in [0.25, 0.3) is 0 Å². The van der Waals surface area contributed by atoms with Crippen molar-refractivity contribution in [3.8, 4) is 5.75 Å². The van der Waals surface area contributed by atoms with Crippen LogP contribution in [0.25, 0.3) is 0 Å². The summed E-state index contributed by atoms with van der Waals surface area (Å²) >= 11 is 0. The van der Waals surface area contributed by atoms with Crippen LogP contribution in [-0.2, 0) is 0 Å². The highest BCUT2D eigenvalue weighted by atomic mass is 16.5. The van der Waals surface area contributed by atoms with E-state index < -0.39 is 5.91 Å². The second-order valence-corrected chi connectivity index (χ2v) is 5.20. The van der Waals surface area contributed by atoms with E-state index in [0.29, 0.717) is 11.3 Å². The highest BCUT2D eigenvalue weighted by Gasteiger charge is 2.36. The van der Waals surface area contributed by atoms with Crippen molar-refractivity contribution in [3.63, 3.8) is 0 Å². The van der Waals surface area contributed by atoms with Gasteiger partial charge in [0.2, 0.25) is 5.91 Å². The van der Waals surface area contributed by atoms with Gasteiger partial charge in [-0.3, -0.25) is 4.79 Å². The molecule has 1 fully saturated rings.